The predicted molar refractivity (Wildman–Crippen MR) is 96.0 cm³/mol. The fourth-order valence-electron chi connectivity index (χ4n) is 2.77. The highest BCUT2D eigenvalue weighted by atomic mass is 32.2. The highest BCUT2D eigenvalue weighted by Crippen LogP contribution is 2.18. The van der Waals surface area contributed by atoms with Crippen LogP contribution in [0.4, 0.5) is 0 Å². The molecular formula is C19H25NO2S. The molecule has 0 saturated heterocycles. The van der Waals surface area contributed by atoms with Gasteiger partial charge in [-0.1, -0.05) is 41.5 Å². The van der Waals surface area contributed by atoms with Crippen molar-refractivity contribution in [1.82, 2.24) is 4.90 Å². The van der Waals surface area contributed by atoms with Crippen LogP contribution >= 0.6 is 0 Å². The Morgan fingerprint density at radius 2 is 1.65 bits per heavy atom. The highest BCUT2D eigenvalue weighted by Gasteiger charge is 2.12. The van der Waals surface area contributed by atoms with E-state index in [1.54, 1.807) is 6.26 Å². The number of hydrogen-bond acceptors (Lipinski definition) is 3. The summed E-state index contributed by atoms with van der Waals surface area (Å²) < 4.78 is 11.4. The van der Waals surface area contributed by atoms with Crippen molar-refractivity contribution < 1.29 is 9.32 Å². The van der Waals surface area contributed by atoms with E-state index in [2.05, 4.69) is 11.0 Å². The Morgan fingerprint density at radius 1 is 1.09 bits per heavy atom. The van der Waals surface area contributed by atoms with Crippen LogP contribution < -0.4 is 0 Å². The van der Waals surface area contributed by atoms with Crippen molar-refractivity contribution in [3.8, 4) is 0 Å². The van der Waals surface area contributed by atoms with Crippen LogP contribution in [0.3, 0.4) is 0 Å². The first-order chi connectivity index (χ1) is 10.8. The summed E-state index contributed by atoms with van der Waals surface area (Å²) in [7, 11) is 1.06. The van der Waals surface area contributed by atoms with Crippen molar-refractivity contribution in [3.63, 3.8) is 0 Å². The lowest BCUT2D eigenvalue weighted by molar-refractivity contribution is 0.123. The number of likely N-dealkylation sites (N-methyl/N-ethyl adjacent to an activating group) is 1. The number of aliphatic hydroxyl groups excluding tert-OH is 1. The van der Waals surface area contributed by atoms with E-state index in [4.69, 9.17) is 0 Å². The van der Waals surface area contributed by atoms with E-state index in [0.29, 0.717) is 6.54 Å². The van der Waals surface area contributed by atoms with Gasteiger partial charge in [-0.3, -0.25) is 9.11 Å². The molecule has 0 radical (unpaired) electrons. The maximum Gasteiger partial charge on any atom is 0.0917 e. The molecule has 0 amide bonds. The van der Waals surface area contributed by atoms with E-state index >= 15 is 0 Å². The van der Waals surface area contributed by atoms with E-state index in [1.807, 2.05) is 57.3 Å². The first-order valence-electron chi connectivity index (χ1n) is 7.72. The Hall–Kier alpha value is -1.49. The summed E-state index contributed by atoms with van der Waals surface area (Å²) in [6, 6.07) is 14.0. The maximum absolute atomic E-state index is 11.4. The van der Waals surface area contributed by atoms with Gasteiger partial charge in [0.05, 0.1) is 6.10 Å². The number of aryl methyl sites for hydroxylation is 2. The van der Waals surface area contributed by atoms with Gasteiger partial charge in [-0.05, 0) is 44.2 Å². The van der Waals surface area contributed by atoms with Crippen LogP contribution in [-0.2, 0) is 17.3 Å². The third kappa shape index (κ3) is 5.27. The van der Waals surface area contributed by atoms with Gasteiger partial charge in [-0.15, -0.1) is 0 Å². The summed E-state index contributed by atoms with van der Waals surface area (Å²) in [4.78, 5) is 2.94. The summed E-state index contributed by atoms with van der Waals surface area (Å²) in [5.41, 5.74) is 4.45. The van der Waals surface area contributed by atoms with E-state index in [9.17, 15) is 9.32 Å². The van der Waals surface area contributed by atoms with Gasteiger partial charge in [-0.25, -0.2) is 0 Å². The van der Waals surface area contributed by atoms with E-state index in [1.165, 1.54) is 11.1 Å². The van der Waals surface area contributed by atoms with Gasteiger partial charge in [0.2, 0.25) is 0 Å². The van der Waals surface area contributed by atoms with Crippen molar-refractivity contribution in [2.75, 3.05) is 19.8 Å². The van der Waals surface area contributed by atoms with Gasteiger partial charge >= 0.3 is 0 Å². The molecule has 2 aromatic rings. The summed E-state index contributed by atoms with van der Waals surface area (Å²) in [6.07, 6.45) is 1.18. The van der Waals surface area contributed by atoms with Crippen LogP contribution in [0.5, 0.6) is 0 Å². The summed E-state index contributed by atoms with van der Waals surface area (Å²) >= 11 is 0. The zero-order valence-electron chi connectivity index (χ0n) is 14.2. The zero-order valence-corrected chi connectivity index (χ0v) is 15.1. The van der Waals surface area contributed by atoms with Crippen molar-refractivity contribution >= 4 is 10.8 Å². The minimum absolute atomic E-state index is 0.499. The zero-order chi connectivity index (χ0) is 17.0. The number of benzene rings is 2. The van der Waals surface area contributed by atoms with E-state index < -0.39 is 16.9 Å². The summed E-state index contributed by atoms with van der Waals surface area (Å²) in [5.74, 6) is 0. The lowest BCUT2D eigenvalue weighted by Gasteiger charge is -2.21. The molecule has 2 atom stereocenters. The largest absolute Gasteiger partial charge is 0.387 e. The second-order valence-electron chi connectivity index (χ2n) is 6.23. The Kier molecular flexibility index (Phi) is 6.10. The summed E-state index contributed by atoms with van der Waals surface area (Å²) in [5, 5.41) is 10.5. The average Bonchev–Trinajstić information content (AvgIpc) is 2.46. The van der Waals surface area contributed by atoms with Crippen LogP contribution in [-0.4, -0.2) is 34.1 Å². The molecule has 0 spiro atoms. The van der Waals surface area contributed by atoms with Crippen molar-refractivity contribution in [2.24, 2.45) is 0 Å². The topological polar surface area (TPSA) is 40.5 Å². The molecule has 4 heteroatoms. The Morgan fingerprint density at radius 3 is 2.17 bits per heavy atom. The van der Waals surface area contributed by atoms with E-state index in [0.717, 1.165) is 22.6 Å². The van der Waals surface area contributed by atoms with Crippen molar-refractivity contribution in [3.05, 3.63) is 64.7 Å². The molecule has 0 saturated carbocycles. The minimum atomic E-state index is -0.942. The number of rotatable bonds is 6. The second kappa shape index (κ2) is 7.86. The second-order valence-corrected chi connectivity index (χ2v) is 7.61. The van der Waals surface area contributed by atoms with Crippen LogP contribution in [0.2, 0.25) is 0 Å². The smallest absolute Gasteiger partial charge is 0.0917 e. The molecule has 0 aliphatic rings. The Balaban J connectivity index is 1.98. The normalized spacial score (nSPS) is 14.0. The van der Waals surface area contributed by atoms with Gasteiger partial charge in [-0.2, -0.15) is 0 Å². The van der Waals surface area contributed by atoms with Gasteiger partial charge in [0.15, 0.2) is 0 Å². The van der Waals surface area contributed by atoms with Gasteiger partial charge < -0.3 is 5.11 Å². The van der Waals surface area contributed by atoms with Crippen LogP contribution in [0.25, 0.3) is 0 Å². The molecule has 0 heterocycles. The van der Waals surface area contributed by atoms with Crippen LogP contribution in [0.1, 0.15) is 28.4 Å². The molecule has 2 aromatic carbocycles. The molecule has 23 heavy (non-hydrogen) atoms. The molecule has 2 unspecified atom stereocenters. The van der Waals surface area contributed by atoms with Gasteiger partial charge in [0.1, 0.15) is 0 Å². The van der Waals surface area contributed by atoms with E-state index in [-0.39, 0.29) is 0 Å². The average molecular weight is 331 g/mol. The fourth-order valence-corrected chi connectivity index (χ4v) is 3.29. The van der Waals surface area contributed by atoms with Crippen LogP contribution in [0, 0.1) is 13.8 Å². The van der Waals surface area contributed by atoms with Gasteiger partial charge in [0.25, 0.3) is 0 Å². The molecular weight excluding hydrogens is 306 g/mol. The monoisotopic (exact) mass is 331 g/mol. The van der Waals surface area contributed by atoms with Crippen molar-refractivity contribution in [1.29, 1.82) is 0 Å². The lowest BCUT2D eigenvalue weighted by Crippen LogP contribution is -2.24. The third-order valence-corrected chi connectivity index (χ3v) is 4.76. The Bertz CT molecular complexity index is 662. The quantitative estimate of drug-likeness (QED) is 0.884. The number of aliphatic hydroxyl groups is 1. The molecule has 0 aliphatic carbocycles. The standard InChI is InChI=1S/C19H25NO2S/c1-14-9-15(2)11-17(10-14)19(21)13-20(3)12-16-5-7-18(8-6-16)23(4)22/h5-11,19,21H,12-13H2,1-4H3. The highest BCUT2D eigenvalue weighted by molar-refractivity contribution is 7.84. The molecule has 0 bridgehead atoms. The molecule has 0 aliphatic heterocycles. The fraction of sp³-hybridized carbons (Fsp3) is 0.368. The number of nitrogens with zero attached hydrogens (tertiary/aromatic N) is 1. The molecule has 2 rings (SSSR count). The van der Waals surface area contributed by atoms with Gasteiger partial charge in [0, 0.05) is 35.0 Å². The van der Waals surface area contributed by atoms with Crippen LogP contribution in [0.15, 0.2) is 47.4 Å². The maximum atomic E-state index is 11.4. The molecule has 124 valence electrons. The summed E-state index contributed by atoms with van der Waals surface area (Å²) in [6.45, 7) is 5.42. The molecule has 1 N–H and O–H groups in total. The first-order valence-corrected chi connectivity index (χ1v) is 9.28. The third-order valence-electron chi connectivity index (χ3n) is 3.82. The molecule has 3 nitrogen and oxygen atoms in total. The predicted octanol–water partition coefficient (Wildman–Crippen LogP) is 3.21. The first kappa shape index (κ1) is 17.9. The lowest BCUT2D eigenvalue weighted by atomic mass is 10.0. The molecule has 0 fully saturated rings. The molecule has 0 aromatic heterocycles. The SMILES string of the molecule is Cc1cc(C)cc(C(O)CN(C)Cc2ccc(S(C)=O)cc2)c1. The minimum Gasteiger partial charge on any atom is -0.387 e. The van der Waals surface area contributed by atoms with Crippen molar-refractivity contribution in [2.45, 2.75) is 31.4 Å². The number of hydrogen-bond donors (Lipinski definition) is 1. The Labute approximate surface area is 141 Å².